The Morgan fingerprint density at radius 1 is 0.895 bits per heavy atom. The van der Waals surface area contributed by atoms with Gasteiger partial charge in [-0.15, -0.1) is 0 Å². The molecule has 4 aliphatic heterocycles. The maximum atomic E-state index is 14.3. The van der Waals surface area contributed by atoms with Crippen LogP contribution in [0.25, 0.3) is 0 Å². The van der Waals surface area contributed by atoms with Gasteiger partial charge in [0, 0.05) is 45.0 Å². The number of hydrogen-bond donors (Lipinski definition) is 0. The van der Waals surface area contributed by atoms with Gasteiger partial charge < -0.3 is 14.4 Å². The van der Waals surface area contributed by atoms with Crippen LogP contribution in [0.15, 0.2) is 42.5 Å². The molecular weight excluding hydrogens is 484 g/mol. The fourth-order valence-electron chi connectivity index (χ4n) is 6.52. The van der Waals surface area contributed by atoms with Crippen molar-refractivity contribution >= 4 is 23.5 Å². The van der Waals surface area contributed by atoms with Gasteiger partial charge in [0.2, 0.25) is 18.6 Å². The van der Waals surface area contributed by atoms with E-state index in [4.69, 9.17) is 9.47 Å². The smallest absolute Gasteiger partial charge is 0.333 e. The predicted octanol–water partition coefficient (Wildman–Crippen LogP) is 3.26. The zero-order valence-corrected chi connectivity index (χ0v) is 22.0. The Balaban J connectivity index is 1.39. The van der Waals surface area contributed by atoms with Crippen molar-refractivity contribution in [2.24, 2.45) is 5.41 Å². The van der Waals surface area contributed by atoms with Crippen molar-refractivity contribution in [3.05, 3.63) is 53.6 Å². The zero-order valence-electron chi connectivity index (χ0n) is 22.0. The van der Waals surface area contributed by atoms with Gasteiger partial charge in [-0.2, -0.15) is 0 Å². The lowest BCUT2D eigenvalue weighted by molar-refractivity contribution is -0.162. The number of piperazine rings is 1. The summed E-state index contributed by atoms with van der Waals surface area (Å²) >= 11 is 0. The van der Waals surface area contributed by atoms with Gasteiger partial charge in [-0.3, -0.25) is 24.3 Å². The summed E-state index contributed by atoms with van der Waals surface area (Å²) in [6.45, 7) is 7.41. The van der Waals surface area contributed by atoms with Crippen molar-refractivity contribution < 1.29 is 23.9 Å². The van der Waals surface area contributed by atoms with Gasteiger partial charge in [0.15, 0.2) is 16.9 Å². The van der Waals surface area contributed by atoms with Crippen LogP contribution in [0.1, 0.15) is 37.8 Å². The minimum Gasteiger partial charge on any atom is -0.454 e. The second-order valence-corrected chi connectivity index (χ2v) is 10.6. The van der Waals surface area contributed by atoms with E-state index in [2.05, 4.69) is 15.9 Å². The van der Waals surface area contributed by atoms with E-state index in [9.17, 15) is 14.4 Å². The standard InChI is InChI=1S/C29H34N4O5/c1-3-11-32-26(34)29(27(35)33(12-4-2)28(32)36)16-21-7-5-6-8-22(21)31-14-13-30(18-25(29)31)17-20-9-10-23-24(15-20)38-19-37-23/h5-10,15,25H,3-4,11-14,16-19H2,1-2H3/t25-/m1/s1. The van der Waals surface area contributed by atoms with E-state index >= 15 is 0 Å². The van der Waals surface area contributed by atoms with Crippen molar-refractivity contribution in [3.63, 3.8) is 0 Å². The van der Waals surface area contributed by atoms with Crippen molar-refractivity contribution in [3.8, 4) is 11.5 Å². The maximum absolute atomic E-state index is 14.3. The lowest BCUT2D eigenvalue weighted by Gasteiger charge is -2.56. The molecule has 0 N–H and O–H groups in total. The largest absolute Gasteiger partial charge is 0.454 e. The van der Waals surface area contributed by atoms with Crippen molar-refractivity contribution in [2.75, 3.05) is 44.4 Å². The summed E-state index contributed by atoms with van der Waals surface area (Å²) in [5, 5.41) is 0. The number of carbonyl (C=O) groups is 3. The molecule has 200 valence electrons. The lowest BCUT2D eigenvalue weighted by Crippen LogP contribution is -2.75. The minimum absolute atomic E-state index is 0.229. The summed E-state index contributed by atoms with van der Waals surface area (Å²) < 4.78 is 11.0. The number of fused-ring (bicyclic) bond motifs is 5. The summed E-state index contributed by atoms with van der Waals surface area (Å²) in [7, 11) is 0. The van der Waals surface area contributed by atoms with Gasteiger partial charge >= 0.3 is 6.03 Å². The van der Waals surface area contributed by atoms with Crippen molar-refractivity contribution in [1.82, 2.24) is 14.7 Å². The predicted molar refractivity (Wildman–Crippen MR) is 141 cm³/mol. The van der Waals surface area contributed by atoms with E-state index in [0.717, 1.165) is 34.9 Å². The number of carbonyl (C=O) groups excluding carboxylic acids is 3. The first-order valence-electron chi connectivity index (χ1n) is 13.6. The number of nitrogens with zero attached hydrogens (tertiary/aromatic N) is 4. The SMILES string of the molecule is CCCN1C(=O)N(CCC)C(=O)C2(Cc3ccccc3N3CCN(Cc4ccc5c(c4)OCO5)C[C@@H]32)C1=O. The zero-order chi connectivity index (χ0) is 26.4. The third-order valence-corrected chi connectivity index (χ3v) is 8.26. The Labute approximate surface area is 222 Å². The molecule has 2 aromatic rings. The Bertz CT molecular complexity index is 1250. The molecule has 0 aromatic heterocycles. The molecule has 4 heterocycles. The first-order valence-corrected chi connectivity index (χ1v) is 13.6. The van der Waals surface area contributed by atoms with E-state index in [0.29, 0.717) is 52.0 Å². The van der Waals surface area contributed by atoms with Crippen LogP contribution < -0.4 is 14.4 Å². The summed E-state index contributed by atoms with van der Waals surface area (Å²) in [5.41, 5.74) is 1.80. The molecule has 0 radical (unpaired) electrons. The van der Waals surface area contributed by atoms with Gasteiger partial charge in [-0.25, -0.2) is 4.79 Å². The Morgan fingerprint density at radius 3 is 2.34 bits per heavy atom. The summed E-state index contributed by atoms with van der Waals surface area (Å²) in [5.74, 6) is 0.787. The molecule has 0 bridgehead atoms. The molecule has 1 atom stereocenters. The molecule has 4 aliphatic rings. The first kappa shape index (κ1) is 24.7. The topological polar surface area (TPSA) is 82.6 Å². The third-order valence-electron chi connectivity index (χ3n) is 8.26. The van der Waals surface area contributed by atoms with E-state index in [1.807, 2.05) is 50.2 Å². The maximum Gasteiger partial charge on any atom is 0.333 e. The molecule has 0 saturated carbocycles. The number of rotatable bonds is 6. The molecule has 0 unspecified atom stereocenters. The van der Waals surface area contributed by atoms with E-state index in [-0.39, 0.29) is 24.6 Å². The second-order valence-electron chi connectivity index (χ2n) is 10.6. The highest BCUT2D eigenvalue weighted by Gasteiger charge is 2.64. The average Bonchev–Trinajstić information content (AvgIpc) is 3.40. The molecule has 38 heavy (non-hydrogen) atoms. The highest BCUT2D eigenvalue weighted by atomic mass is 16.7. The van der Waals surface area contributed by atoms with Crippen LogP contribution in [0.2, 0.25) is 0 Å². The molecule has 2 fully saturated rings. The molecule has 4 amide bonds. The monoisotopic (exact) mass is 518 g/mol. The molecule has 9 nitrogen and oxygen atoms in total. The number of anilines is 1. The number of urea groups is 1. The van der Waals surface area contributed by atoms with E-state index in [1.165, 1.54) is 9.80 Å². The Hall–Kier alpha value is -3.59. The van der Waals surface area contributed by atoms with Crippen LogP contribution in [0.4, 0.5) is 10.5 Å². The molecule has 2 saturated heterocycles. The lowest BCUT2D eigenvalue weighted by atomic mass is 9.67. The quantitative estimate of drug-likeness (QED) is 0.543. The van der Waals surface area contributed by atoms with Crippen molar-refractivity contribution in [2.45, 2.75) is 45.7 Å². The van der Waals surface area contributed by atoms with Gasteiger partial charge in [0.25, 0.3) is 0 Å². The normalized spacial score (nSPS) is 22.2. The molecule has 1 spiro atoms. The average molecular weight is 519 g/mol. The minimum atomic E-state index is -1.35. The fourth-order valence-corrected chi connectivity index (χ4v) is 6.52. The van der Waals surface area contributed by atoms with Crippen LogP contribution in [0.5, 0.6) is 11.5 Å². The van der Waals surface area contributed by atoms with Gasteiger partial charge in [0.05, 0.1) is 6.04 Å². The fraction of sp³-hybridized carbons (Fsp3) is 0.483. The molecular formula is C29H34N4O5. The number of imide groups is 2. The number of amides is 4. The molecule has 0 aliphatic carbocycles. The number of barbiturate groups is 1. The van der Waals surface area contributed by atoms with Gasteiger partial charge in [-0.05, 0) is 48.6 Å². The van der Waals surface area contributed by atoms with Crippen LogP contribution in [-0.4, -0.2) is 78.1 Å². The molecule has 9 heteroatoms. The molecule has 6 rings (SSSR count). The molecule has 2 aromatic carbocycles. The van der Waals surface area contributed by atoms with Crippen molar-refractivity contribution in [1.29, 1.82) is 0 Å². The summed E-state index contributed by atoms with van der Waals surface area (Å²) in [4.78, 5) is 49.1. The van der Waals surface area contributed by atoms with Gasteiger partial charge in [-0.1, -0.05) is 38.1 Å². The van der Waals surface area contributed by atoms with Crippen LogP contribution >= 0.6 is 0 Å². The number of benzene rings is 2. The number of ether oxygens (including phenoxy) is 2. The third kappa shape index (κ3) is 3.74. The Morgan fingerprint density at radius 2 is 1.61 bits per heavy atom. The number of para-hydroxylation sites is 1. The van der Waals surface area contributed by atoms with E-state index < -0.39 is 11.4 Å². The van der Waals surface area contributed by atoms with Crippen LogP contribution in [0, 0.1) is 5.41 Å². The van der Waals surface area contributed by atoms with E-state index in [1.54, 1.807) is 0 Å². The summed E-state index contributed by atoms with van der Waals surface area (Å²) in [6.07, 6.45) is 1.58. The Kier molecular flexibility index (Phi) is 6.26. The number of hydrogen-bond acceptors (Lipinski definition) is 7. The second kappa shape index (κ2) is 9.62. The van der Waals surface area contributed by atoms with Gasteiger partial charge in [0.1, 0.15) is 0 Å². The van der Waals surface area contributed by atoms with Crippen LogP contribution in [0.3, 0.4) is 0 Å². The highest BCUT2D eigenvalue weighted by Crippen LogP contribution is 2.47. The first-order chi connectivity index (χ1) is 18.5. The summed E-state index contributed by atoms with van der Waals surface area (Å²) in [6, 6.07) is 13.2. The highest BCUT2D eigenvalue weighted by molar-refractivity contribution is 6.20. The van der Waals surface area contributed by atoms with Crippen LogP contribution in [-0.2, 0) is 22.6 Å².